The topological polar surface area (TPSA) is 70.7 Å². The monoisotopic (exact) mass is 348 g/mol. The second kappa shape index (κ2) is 8.08. The van der Waals surface area contributed by atoms with Crippen molar-refractivity contribution in [2.24, 2.45) is 0 Å². The molecule has 3 rings (SSSR count). The molecule has 26 heavy (non-hydrogen) atoms. The number of rotatable bonds is 6. The summed E-state index contributed by atoms with van der Waals surface area (Å²) >= 11 is 0. The lowest BCUT2D eigenvalue weighted by Crippen LogP contribution is -2.27. The van der Waals surface area contributed by atoms with Crippen molar-refractivity contribution >= 4 is 5.91 Å². The summed E-state index contributed by atoms with van der Waals surface area (Å²) in [6.45, 7) is 0. The number of benzene rings is 2. The van der Waals surface area contributed by atoms with Crippen LogP contribution in [0.5, 0.6) is 0 Å². The summed E-state index contributed by atoms with van der Waals surface area (Å²) in [5.41, 5.74) is 2.36. The van der Waals surface area contributed by atoms with Gasteiger partial charge in [0.25, 0.3) is 0 Å². The number of nitriles is 1. The van der Waals surface area contributed by atoms with Gasteiger partial charge in [0.05, 0.1) is 18.0 Å². The van der Waals surface area contributed by atoms with Crippen LogP contribution in [-0.4, -0.2) is 15.7 Å². The molecule has 0 aliphatic carbocycles. The predicted octanol–water partition coefficient (Wildman–Crippen LogP) is 3.33. The molecule has 1 N–H and O–H groups in total. The fourth-order valence-corrected chi connectivity index (χ4v) is 2.54. The van der Waals surface area contributed by atoms with Crippen LogP contribution in [-0.2, 0) is 11.2 Å². The van der Waals surface area contributed by atoms with E-state index in [1.165, 1.54) is 12.1 Å². The van der Waals surface area contributed by atoms with E-state index in [1.807, 2.05) is 30.3 Å². The van der Waals surface area contributed by atoms with Gasteiger partial charge in [-0.1, -0.05) is 30.3 Å². The number of carbonyl (C=O) groups is 1. The van der Waals surface area contributed by atoms with Gasteiger partial charge in [0, 0.05) is 18.2 Å². The first kappa shape index (κ1) is 17.4. The molecule has 0 saturated carbocycles. The first-order valence-corrected chi connectivity index (χ1v) is 8.19. The zero-order chi connectivity index (χ0) is 18.4. The van der Waals surface area contributed by atoms with Crippen LogP contribution in [0.2, 0.25) is 0 Å². The molecule has 130 valence electrons. The fraction of sp³-hybridized carbons (Fsp3) is 0.150. The van der Waals surface area contributed by atoms with Crippen molar-refractivity contribution in [2.75, 3.05) is 0 Å². The summed E-state index contributed by atoms with van der Waals surface area (Å²) < 4.78 is 14.5. The average Bonchev–Trinajstić information content (AvgIpc) is 3.16. The normalized spacial score (nSPS) is 11.5. The molecule has 0 aliphatic heterocycles. The number of nitrogens with zero attached hydrogens (tertiary/aromatic N) is 3. The first-order valence-electron chi connectivity index (χ1n) is 8.19. The van der Waals surface area contributed by atoms with E-state index in [-0.39, 0.29) is 18.1 Å². The maximum atomic E-state index is 12.9. The first-order chi connectivity index (χ1) is 12.7. The second-order valence-corrected chi connectivity index (χ2v) is 5.81. The van der Waals surface area contributed by atoms with E-state index in [2.05, 4.69) is 16.5 Å². The Morgan fingerprint density at radius 1 is 1.19 bits per heavy atom. The van der Waals surface area contributed by atoms with Crippen LogP contribution in [0.4, 0.5) is 4.39 Å². The molecule has 3 aromatic rings. The van der Waals surface area contributed by atoms with Crippen molar-refractivity contribution in [3.8, 4) is 11.8 Å². The Balaban J connectivity index is 1.60. The maximum Gasteiger partial charge on any atom is 0.221 e. The number of aryl methyl sites for hydroxylation is 1. The van der Waals surface area contributed by atoms with Crippen LogP contribution in [0.25, 0.3) is 5.69 Å². The van der Waals surface area contributed by atoms with Crippen molar-refractivity contribution in [2.45, 2.75) is 18.9 Å². The molecule has 0 spiro atoms. The highest BCUT2D eigenvalue weighted by Crippen LogP contribution is 2.15. The minimum Gasteiger partial charge on any atom is -0.337 e. The van der Waals surface area contributed by atoms with Crippen molar-refractivity contribution in [3.63, 3.8) is 0 Å². The Labute approximate surface area is 150 Å². The number of amides is 1. The van der Waals surface area contributed by atoms with Crippen LogP contribution < -0.4 is 5.32 Å². The Morgan fingerprint density at radius 3 is 2.62 bits per heavy atom. The van der Waals surface area contributed by atoms with Gasteiger partial charge in [0.2, 0.25) is 5.91 Å². The van der Waals surface area contributed by atoms with Gasteiger partial charge in [-0.05, 0) is 36.2 Å². The van der Waals surface area contributed by atoms with E-state index >= 15 is 0 Å². The molecule has 1 amide bonds. The molecule has 0 bridgehead atoms. The molecule has 0 saturated heterocycles. The molecular formula is C20H17FN4O. The van der Waals surface area contributed by atoms with E-state index in [0.29, 0.717) is 12.0 Å². The smallest absolute Gasteiger partial charge is 0.221 e. The van der Waals surface area contributed by atoms with Crippen molar-refractivity contribution in [3.05, 3.63) is 83.9 Å². The third-order valence-corrected chi connectivity index (χ3v) is 3.95. The van der Waals surface area contributed by atoms with Crippen molar-refractivity contribution in [1.82, 2.24) is 15.1 Å². The van der Waals surface area contributed by atoms with Crippen LogP contribution in [0.3, 0.4) is 0 Å². The molecule has 1 heterocycles. The third-order valence-electron chi connectivity index (χ3n) is 3.95. The van der Waals surface area contributed by atoms with E-state index < -0.39 is 6.04 Å². The molecule has 6 heteroatoms. The number of aromatic nitrogens is 2. The van der Waals surface area contributed by atoms with E-state index in [1.54, 1.807) is 29.2 Å². The zero-order valence-corrected chi connectivity index (χ0v) is 14.0. The third kappa shape index (κ3) is 4.33. The lowest BCUT2D eigenvalue weighted by molar-refractivity contribution is -0.121. The van der Waals surface area contributed by atoms with Crippen molar-refractivity contribution in [1.29, 1.82) is 5.26 Å². The number of nitrogens with one attached hydrogen (secondary N) is 1. The van der Waals surface area contributed by atoms with Crippen LogP contribution in [0.15, 0.2) is 67.0 Å². The van der Waals surface area contributed by atoms with Gasteiger partial charge in [-0.25, -0.2) is 9.07 Å². The quantitative estimate of drug-likeness (QED) is 0.743. The molecule has 1 atom stereocenters. The highest BCUT2D eigenvalue weighted by Gasteiger charge is 2.16. The highest BCUT2D eigenvalue weighted by molar-refractivity contribution is 5.77. The minimum atomic E-state index is -0.770. The second-order valence-electron chi connectivity index (χ2n) is 5.81. The summed E-state index contributed by atoms with van der Waals surface area (Å²) in [5, 5.41) is 16.3. The molecule has 0 radical (unpaired) electrons. The lowest BCUT2D eigenvalue weighted by Gasteiger charge is -2.10. The van der Waals surface area contributed by atoms with Gasteiger partial charge < -0.3 is 5.32 Å². The Kier molecular flexibility index (Phi) is 5.40. The summed E-state index contributed by atoms with van der Waals surface area (Å²) in [5.74, 6) is -0.550. The van der Waals surface area contributed by atoms with E-state index in [9.17, 15) is 14.4 Å². The predicted molar refractivity (Wildman–Crippen MR) is 94.8 cm³/mol. The molecule has 0 fully saturated rings. The number of halogens is 1. The van der Waals surface area contributed by atoms with Gasteiger partial charge in [-0.3, -0.25) is 4.79 Å². The molecule has 1 aromatic heterocycles. The van der Waals surface area contributed by atoms with Gasteiger partial charge in [-0.2, -0.15) is 10.4 Å². The molecular weight excluding hydrogens is 331 g/mol. The standard InChI is InChI=1S/C20H17FN4O/c21-17-9-6-15(7-10-17)8-11-20(26)24-19(12-22)16-13-23-25(14-16)18-4-2-1-3-5-18/h1-7,9-10,13-14,19H,8,11H2,(H,24,26). The maximum absolute atomic E-state index is 12.9. The molecule has 1 unspecified atom stereocenters. The molecule has 2 aromatic carbocycles. The number of carbonyl (C=O) groups excluding carboxylic acids is 1. The Bertz CT molecular complexity index is 913. The Hall–Kier alpha value is -3.46. The van der Waals surface area contributed by atoms with Gasteiger partial charge >= 0.3 is 0 Å². The van der Waals surface area contributed by atoms with E-state index in [0.717, 1.165) is 11.3 Å². The average molecular weight is 348 g/mol. The summed E-state index contributed by atoms with van der Waals surface area (Å²) in [6.07, 6.45) is 3.99. The van der Waals surface area contributed by atoms with Crippen molar-refractivity contribution < 1.29 is 9.18 Å². The molecule has 5 nitrogen and oxygen atoms in total. The summed E-state index contributed by atoms with van der Waals surface area (Å²) in [6, 6.07) is 16.8. The summed E-state index contributed by atoms with van der Waals surface area (Å²) in [7, 11) is 0. The molecule has 0 aliphatic rings. The van der Waals surface area contributed by atoms with Crippen LogP contribution in [0, 0.1) is 17.1 Å². The lowest BCUT2D eigenvalue weighted by atomic mass is 10.1. The van der Waals surface area contributed by atoms with Gasteiger partial charge in [0.15, 0.2) is 0 Å². The number of hydrogen-bond donors (Lipinski definition) is 1. The number of hydrogen-bond acceptors (Lipinski definition) is 3. The highest BCUT2D eigenvalue weighted by atomic mass is 19.1. The largest absolute Gasteiger partial charge is 0.337 e. The van der Waals surface area contributed by atoms with Crippen LogP contribution in [0.1, 0.15) is 23.6 Å². The SMILES string of the molecule is N#CC(NC(=O)CCc1ccc(F)cc1)c1cnn(-c2ccccc2)c1. The van der Waals surface area contributed by atoms with E-state index in [4.69, 9.17) is 0 Å². The fourth-order valence-electron chi connectivity index (χ4n) is 2.54. The number of para-hydroxylation sites is 1. The van der Waals surface area contributed by atoms with Gasteiger partial charge in [-0.15, -0.1) is 0 Å². The minimum absolute atomic E-state index is 0.219. The van der Waals surface area contributed by atoms with Crippen LogP contribution >= 0.6 is 0 Å². The Morgan fingerprint density at radius 2 is 1.92 bits per heavy atom. The summed E-state index contributed by atoms with van der Waals surface area (Å²) in [4.78, 5) is 12.1. The van der Waals surface area contributed by atoms with Gasteiger partial charge in [0.1, 0.15) is 11.9 Å². The zero-order valence-electron chi connectivity index (χ0n) is 14.0.